The average molecular weight is 254 g/mol. The highest BCUT2D eigenvalue weighted by atomic mass is 16.5. The number of ether oxygens (including phenoxy) is 1. The van der Waals surface area contributed by atoms with Gasteiger partial charge in [-0.15, -0.1) is 0 Å². The van der Waals surface area contributed by atoms with E-state index in [4.69, 9.17) is 15.9 Å². The van der Waals surface area contributed by atoms with E-state index in [0.717, 1.165) is 16.9 Å². The summed E-state index contributed by atoms with van der Waals surface area (Å²) in [5, 5.41) is 7.59. The van der Waals surface area contributed by atoms with Gasteiger partial charge in [0.2, 0.25) is 0 Å². The van der Waals surface area contributed by atoms with Crippen LogP contribution < -0.4 is 10.5 Å². The van der Waals surface area contributed by atoms with Gasteiger partial charge in [0.05, 0.1) is 5.56 Å². The van der Waals surface area contributed by atoms with Crippen LogP contribution in [0.3, 0.4) is 0 Å². The predicted octanol–water partition coefficient (Wildman–Crippen LogP) is 3.69. The van der Waals surface area contributed by atoms with Crippen LogP contribution in [0.1, 0.15) is 22.3 Å². The summed E-state index contributed by atoms with van der Waals surface area (Å²) in [5.74, 6) is 1.47. The molecule has 19 heavy (non-hydrogen) atoms. The first-order valence-corrected chi connectivity index (χ1v) is 6.18. The number of nitrogens with two attached hydrogens (primary N) is 1. The van der Waals surface area contributed by atoms with Crippen molar-refractivity contribution in [1.29, 1.82) is 5.41 Å². The number of nitrogen functional groups attached to an aromatic ring is 1. The first-order chi connectivity index (χ1) is 9.00. The van der Waals surface area contributed by atoms with E-state index in [9.17, 15) is 0 Å². The number of hydrogen-bond acceptors (Lipinski definition) is 2. The molecule has 98 valence electrons. The molecule has 0 radical (unpaired) electrons. The van der Waals surface area contributed by atoms with Crippen molar-refractivity contribution in [1.82, 2.24) is 0 Å². The van der Waals surface area contributed by atoms with Gasteiger partial charge in [0, 0.05) is 0 Å². The Bertz CT molecular complexity index is 633. The van der Waals surface area contributed by atoms with Crippen molar-refractivity contribution in [3.05, 3.63) is 58.7 Å². The fourth-order valence-electron chi connectivity index (χ4n) is 1.97. The number of amidine groups is 1. The van der Waals surface area contributed by atoms with Gasteiger partial charge < -0.3 is 10.5 Å². The van der Waals surface area contributed by atoms with E-state index in [1.165, 1.54) is 5.56 Å². The monoisotopic (exact) mass is 254 g/mol. The van der Waals surface area contributed by atoms with Crippen LogP contribution in [0.25, 0.3) is 0 Å². The standard InChI is InChI=1S/C16H18N2O/c1-10-8-9-11(2)15(12(10)3)19-14-7-5-4-6-13(14)16(17)18/h4-9H,1-3H3,(H3,17,18). The third-order valence-corrected chi connectivity index (χ3v) is 3.26. The number of para-hydroxylation sites is 1. The number of aryl methyl sites for hydroxylation is 2. The van der Waals surface area contributed by atoms with E-state index in [1.807, 2.05) is 38.1 Å². The van der Waals surface area contributed by atoms with Crippen molar-refractivity contribution in [3.8, 4) is 11.5 Å². The van der Waals surface area contributed by atoms with Crippen molar-refractivity contribution in [2.75, 3.05) is 0 Å². The summed E-state index contributed by atoms with van der Waals surface area (Å²) < 4.78 is 5.99. The summed E-state index contributed by atoms with van der Waals surface area (Å²) in [4.78, 5) is 0. The first kappa shape index (κ1) is 13.1. The quantitative estimate of drug-likeness (QED) is 0.648. The van der Waals surface area contributed by atoms with Gasteiger partial charge in [0.15, 0.2) is 0 Å². The molecule has 0 aromatic heterocycles. The van der Waals surface area contributed by atoms with Crippen LogP contribution in [0, 0.1) is 26.2 Å². The minimum absolute atomic E-state index is 0.0126. The van der Waals surface area contributed by atoms with E-state index < -0.39 is 0 Å². The number of hydrogen-bond donors (Lipinski definition) is 2. The van der Waals surface area contributed by atoms with Crippen molar-refractivity contribution >= 4 is 5.84 Å². The maximum atomic E-state index is 7.59. The van der Waals surface area contributed by atoms with Gasteiger partial charge in [-0.1, -0.05) is 24.3 Å². The number of benzene rings is 2. The highest BCUT2D eigenvalue weighted by molar-refractivity contribution is 5.97. The predicted molar refractivity (Wildman–Crippen MR) is 78.2 cm³/mol. The number of nitrogens with one attached hydrogen (secondary N) is 1. The topological polar surface area (TPSA) is 59.1 Å². The molecule has 0 heterocycles. The first-order valence-electron chi connectivity index (χ1n) is 6.18. The lowest BCUT2D eigenvalue weighted by atomic mass is 10.1. The molecule has 3 N–H and O–H groups in total. The summed E-state index contributed by atoms with van der Waals surface area (Å²) in [6.07, 6.45) is 0. The Kier molecular flexibility index (Phi) is 3.56. The lowest BCUT2D eigenvalue weighted by Crippen LogP contribution is -2.12. The Morgan fingerprint density at radius 3 is 2.32 bits per heavy atom. The van der Waals surface area contributed by atoms with Crippen molar-refractivity contribution in [2.45, 2.75) is 20.8 Å². The normalized spacial score (nSPS) is 10.3. The van der Waals surface area contributed by atoms with E-state index in [2.05, 4.69) is 13.0 Å². The molecule has 0 bridgehead atoms. The third-order valence-electron chi connectivity index (χ3n) is 3.26. The van der Waals surface area contributed by atoms with Crippen LogP contribution in [0.2, 0.25) is 0 Å². The van der Waals surface area contributed by atoms with Gasteiger partial charge >= 0.3 is 0 Å². The third kappa shape index (κ3) is 2.60. The summed E-state index contributed by atoms with van der Waals surface area (Å²) in [7, 11) is 0. The SMILES string of the molecule is Cc1ccc(C)c(Oc2ccccc2C(=N)N)c1C. The van der Waals surface area contributed by atoms with Crippen LogP contribution in [0.4, 0.5) is 0 Å². The van der Waals surface area contributed by atoms with Gasteiger partial charge in [0.1, 0.15) is 17.3 Å². The lowest BCUT2D eigenvalue weighted by Gasteiger charge is -2.15. The van der Waals surface area contributed by atoms with Gasteiger partial charge in [-0.25, -0.2) is 0 Å². The van der Waals surface area contributed by atoms with E-state index >= 15 is 0 Å². The van der Waals surface area contributed by atoms with Gasteiger partial charge in [0.25, 0.3) is 0 Å². The number of rotatable bonds is 3. The highest BCUT2D eigenvalue weighted by Gasteiger charge is 2.11. The van der Waals surface area contributed by atoms with Crippen molar-refractivity contribution in [2.24, 2.45) is 5.73 Å². The molecule has 0 atom stereocenters. The second-order valence-corrected chi connectivity index (χ2v) is 4.67. The smallest absolute Gasteiger partial charge is 0.138 e. The zero-order valence-corrected chi connectivity index (χ0v) is 11.4. The van der Waals surface area contributed by atoms with Crippen LogP contribution in [0.15, 0.2) is 36.4 Å². The molecular weight excluding hydrogens is 236 g/mol. The van der Waals surface area contributed by atoms with Crippen LogP contribution in [0.5, 0.6) is 11.5 Å². The Balaban J connectivity index is 2.48. The molecule has 0 fully saturated rings. The molecule has 0 aliphatic carbocycles. The summed E-state index contributed by atoms with van der Waals surface area (Å²) in [5.41, 5.74) is 9.55. The molecule has 0 spiro atoms. The van der Waals surface area contributed by atoms with Crippen LogP contribution >= 0.6 is 0 Å². The molecular formula is C16H18N2O. The fourth-order valence-corrected chi connectivity index (χ4v) is 1.97. The molecule has 0 saturated carbocycles. The molecule has 3 heteroatoms. The maximum absolute atomic E-state index is 7.59. The zero-order chi connectivity index (χ0) is 14.0. The Hall–Kier alpha value is -2.29. The minimum atomic E-state index is 0.0126. The fraction of sp³-hybridized carbons (Fsp3) is 0.188. The highest BCUT2D eigenvalue weighted by Crippen LogP contribution is 2.32. The lowest BCUT2D eigenvalue weighted by molar-refractivity contribution is 0.473. The Labute approximate surface area is 113 Å². The summed E-state index contributed by atoms with van der Waals surface area (Å²) >= 11 is 0. The Morgan fingerprint density at radius 2 is 1.63 bits per heavy atom. The van der Waals surface area contributed by atoms with E-state index in [1.54, 1.807) is 6.07 Å². The molecule has 3 nitrogen and oxygen atoms in total. The molecule has 2 aromatic carbocycles. The van der Waals surface area contributed by atoms with Crippen LogP contribution in [-0.4, -0.2) is 5.84 Å². The summed E-state index contributed by atoms with van der Waals surface area (Å²) in [6, 6.07) is 11.5. The van der Waals surface area contributed by atoms with Gasteiger partial charge in [-0.05, 0) is 49.6 Å². The van der Waals surface area contributed by atoms with Gasteiger partial charge in [-0.2, -0.15) is 0 Å². The maximum Gasteiger partial charge on any atom is 0.138 e. The average Bonchev–Trinajstić information content (AvgIpc) is 2.39. The molecule has 2 rings (SSSR count). The zero-order valence-electron chi connectivity index (χ0n) is 11.4. The molecule has 0 saturated heterocycles. The van der Waals surface area contributed by atoms with Crippen molar-refractivity contribution in [3.63, 3.8) is 0 Å². The van der Waals surface area contributed by atoms with E-state index in [-0.39, 0.29) is 5.84 Å². The minimum Gasteiger partial charge on any atom is -0.456 e. The van der Waals surface area contributed by atoms with Crippen molar-refractivity contribution < 1.29 is 4.74 Å². The molecule has 0 aliphatic heterocycles. The largest absolute Gasteiger partial charge is 0.456 e. The Morgan fingerprint density at radius 1 is 1.00 bits per heavy atom. The second kappa shape index (κ2) is 5.14. The van der Waals surface area contributed by atoms with E-state index in [0.29, 0.717) is 11.3 Å². The molecule has 2 aromatic rings. The van der Waals surface area contributed by atoms with Gasteiger partial charge in [-0.3, -0.25) is 5.41 Å². The molecule has 0 unspecified atom stereocenters. The molecule has 0 amide bonds. The second-order valence-electron chi connectivity index (χ2n) is 4.67. The molecule has 0 aliphatic rings. The summed E-state index contributed by atoms with van der Waals surface area (Å²) in [6.45, 7) is 6.10. The van der Waals surface area contributed by atoms with Crippen LogP contribution in [-0.2, 0) is 0 Å².